The van der Waals surface area contributed by atoms with Gasteiger partial charge in [-0.3, -0.25) is 4.79 Å². The number of allylic oxidation sites excluding steroid dienone is 9. The molecule has 2 atom stereocenters. The predicted octanol–water partition coefficient (Wildman–Crippen LogP) is 22.7. The first-order valence-corrected chi connectivity index (χ1v) is 33.5. The summed E-state index contributed by atoms with van der Waals surface area (Å²) in [4.78, 5) is 12.5. The van der Waals surface area contributed by atoms with Crippen molar-refractivity contribution < 1.29 is 15.0 Å². The Balaban J connectivity index is 3.41. The lowest BCUT2D eigenvalue weighted by atomic mass is 10.0. The van der Waals surface area contributed by atoms with Crippen molar-refractivity contribution in [2.24, 2.45) is 0 Å². The van der Waals surface area contributed by atoms with Crippen molar-refractivity contribution in [1.29, 1.82) is 0 Å². The van der Waals surface area contributed by atoms with Gasteiger partial charge in [-0.05, 0) is 57.8 Å². The Bertz CT molecular complexity index is 1220. The van der Waals surface area contributed by atoms with Gasteiger partial charge in [0.15, 0.2) is 0 Å². The van der Waals surface area contributed by atoms with Crippen LogP contribution in [0.2, 0.25) is 0 Å². The molecular formula is C70H131NO3. The van der Waals surface area contributed by atoms with E-state index < -0.39 is 12.1 Å². The van der Waals surface area contributed by atoms with E-state index in [0.29, 0.717) is 6.42 Å². The van der Waals surface area contributed by atoms with E-state index in [2.05, 4.69) is 67.8 Å². The molecule has 4 nitrogen and oxygen atoms in total. The minimum atomic E-state index is -0.839. The zero-order valence-electron chi connectivity index (χ0n) is 50.1. The van der Waals surface area contributed by atoms with Crippen LogP contribution in [0.1, 0.15) is 361 Å². The van der Waals surface area contributed by atoms with Crippen LogP contribution in [-0.4, -0.2) is 34.9 Å². The average Bonchev–Trinajstić information content (AvgIpc) is 3.40. The first-order valence-electron chi connectivity index (χ1n) is 33.5. The van der Waals surface area contributed by atoms with Crippen LogP contribution in [0.3, 0.4) is 0 Å². The normalized spacial score (nSPS) is 13.1. The highest BCUT2D eigenvalue weighted by atomic mass is 16.3. The first-order chi connectivity index (χ1) is 36.7. The summed E-state index contributed by atoms with van der Waals surface area (Å²) in [5.74, 6) is -0.0567. The molecule has 0 bridgehead atoms. The molecule has 1 amide bonds. The molecule has 0 aliphatic heterocycles. The molecule has 0 aromatic carbocycles. The molecule has 0 heterocycles. The van der Waals surface area contributed by atoms with E-state index in [1.165, 1.54) is 289 Å². The number of carbonyl (C=O) groups is 1. The lowest BCUT2D eigenvalue weighted by Crippen LogP contribution is -2.45. The molecule has 0 aliphatic carbocycles. The number of carbonyl (C=O) groups excluding carboxylic acids is 1. The van der Waals surface area contributed by atoms with Gasteiger partial charge in [-0.15, -0.1) is 0 Å². The van der Waals surface area contributed by atoms with Crippen molar-refractivity contribution in [3.63, 3.8) is 0 Å². The quantitative estimate of drug-likeness (QED) is 0.0420. The van der Waals surface area contributed by atoms with Crippen LogP contribution >= 0.6 is 0 Å². The topological polar surface area (TPSA) is 69.6 Å². The maximum Gasteiger partial charge on any atom is 0.220 e. The second kappa shape index (κ2) is 65.4. The van der Waals surface area contributed by atoms with E-state index in [1.54, 1.807) is 6.08 Å². The Morgan fingerprint density at radius 3 is 0.892 bits per heavy atom. The van der Waals surface area contributed by atoms with E-state index in [4.69, 9.17) is 0 Å². The Labute approximate surface area is 464 Å². The Morgan fingerprint density at radius 1 is 0.338 bits per heavy atom. The zero-order valence-corrected chi connectivity index (χ0v) is 50.1. The van der Waals surface area contributed by atoms with E-state index in [9.17, 15) is 15.0 Å². The van der Waals surface area contributed by atoms with Gasteiger partial charge in [-0.2, -0.15) is 0 Å². The molecule has 3 N–H and O–H groups in total. The third-order valence-corrected chi connectivity index (χ3v) is 15.5. The summed E-state index contributed by atoms with van der Waals surface area (Å²) in [6.45, 7) is 4.23. The molecule has 0 fully saturated rings. The smallest absolute Gasteiger partial charge is 0.220 e. The predicted molar refractivity (Wildman–Crippen MR) is 331 cm³/mol. The van der Waals surface area contributed by atoms with Gasteiger partial charge in [0, 0.05) is 6.42 Å². The van der Waals surface area contributed by atoms with E-state index in [1.807, 2.05) is 6.08 Å². The summed E-state index contributed by atoms with van der Waals surface area (Å²) >= 11 is 0. The molecule has 0 aromatic rings. The van der Waals surface area contributed by atoms with Crippen LogP contribution in [0.4, 0.5) is 0 Å². The molecule has 4 heteroatoms. The molecule has 434 valence electrons. The average molecular weight is 1030 g/mol. The summed E-state index contributed by atoms with van der Waals surface area (Å²) in [6, 6.07) is -0.622. The third kappa shape index (κ3) is 60.9. The van der Waals surface area contributed by atoms with Gasteiger partial charge in [-0.25, -0.2) is 0 Å². The SMILES string of the molecule is CC/C=C\C/C=C\C/C=C\C/C=C\CCCCCCCCCCCCCCCCCCCCCCCCCCCCC(=O)NC(CO)C(O)/C=C/CCCCCCCCCCCCCCCCCCCCCCC. The van der Waals surface area contributed by atoms with E-state index >= 15 is 0 Å². The van der Waals surface area contributed by atoms with Crippen LogP contribution in [0.5, 0.6) is 0 Å². The lowest BCUT2D eigenvalue weighted by molar-refractivity contribution is -0.123. The lowest BCUT2D eigenvalue weighted by Gasteiger charge is -2.20. The Hall–Kier alpha value is -1.91. The van der Waals surface area contributed by atoms with Gasteiger partial charge in [-0.1, -0.05) is 357 Å². The highest BCUT2D eigenvalue weighted by molar-refractivity contribution is 5.76. The van der Waals surface area contributed by atoms with Crippen molar-refractivity contribution in [3.8, 4) is 0 Å². The number of rotatable bonds is 62. The Kier molecular flexibility index (Phi) is 63.7. The molecular weight excluding hydrogens is 903 g/mol. The molecule has 0 saturated heterocycles. The highest BCUT2D eigenvalue weighted by Crippen LogP contribution is 2.19. The molecule has 0 aromatic heterocycles. The number of amides is 1. The minimum Gasteiger partial charge on any atom is -0.394 e. The summed E-state index contributed by atoms with van der Waals surface area (Å²) in [7, 11) is 0. The highest BCUT2D eigenvalue weighted by Gasteiger charge is 2.18. The van der Waals surface area contributed by atoms with Crippen LogP contribution in [0.15, 0.2) is 60.8 Å². The minimum absolute atomic E-state index is 0.0567. The van der Waals surface area contributed by atoms with Crippen LogP contribution in [0.25, 0.3) is 0 Å². The van der Waals surface area contributed by atoms with Gasteiger partial charge in [0.2, 0.25) is 5.91 Å². The van der Waals surface area contributed by atoms with E-state index in [-0.39, 0.29) is 12.5 Å². The fourth-order valence-corrected chi connectivity index (χ4v) is 10.5. The molecule has 0 saturated carbocycles. The van der Waals surface area contributed by atoms with Crippen LogP contribution in [0, 0.1) is 0 Å². The largest absolute Gasteiger partial charge is 0.394 e. The number of hydrogen-bond acceptors (Lipinski definition) is 3. The molecule has 0 radical (unpaired) electrons. The number of hydrogen-bond donors (Lipinski definition) is 3. The van der Waals surface area contributed by atoms with Gasteiger partial charge >= 0.3 is 0 Å². The van der Waals surface area contributed by atoms with Crippen LogP contribution in [-0.2, 0) is 4.79 Å². The Morgan fingerprint density at radius 2 is 0.595 bits per heavy atom. The maximum atomic E-state index is 12.5. The maximum absolute atomic E-state index is 12.5. The first kappa shape index (κ1) is 72.1. The van der Waals surface area contributed by atoms with E-state index in [0.717, 1.165) is 51.4 Å². The number of nitrogens with one attached hydrogen (secondary N) is 1. The molecule has 74 heavy (non-hydrogen) atoms. The van der Waals surface area contributed by atoms with Crippen molar-refractivity contribution in [2.75, 3.05) is 6.61 Å². The molecule has 0 rings (SSSR count). The van der Waals surface area contributed by atoms with Crippen LogP contribution < -0.4 is 5.32 Å². The van der Waals surface area contributed by atoms with Crippen molar-refractivity contribution in [3.05, 3.63) is 60.8 Å². The second-order valence-corrected chi connectivity index (χ2v) is 22.9. The fourth-order valence-electron chi connectivity index (χ4n) is 10.5. The zero-order chi connectivity index (χ0) is 53.4. The standard InChI is InChI=1S/C70H131NO3/c1-3-5-7-9-11-13-15-17-19-21-23-25-27-28-29-30-31-32-33-34-35-36-37-38-39-40-41-42-44-46-48-50-52-54-56-58-60-62-64-66-70(74)71-68(67-72)69(73)65-63-61-59-57-55-53-51-49-47-45-43-26-24-22-20-18-16-14-12-10-8-6-4-2/h5,7,11,13,17,19,23,25,63,65,68-69,72-73H,3-4,6,8-10,12,14-16,18,20-22,24,26-62,64,66-67H2,1-2H3,(H,71,74)/b7-5-,13-11-,19-17-,25-23-,65-63+. The number of aliphatic hydroxyl groups is 2. The van der Waals surface area contributed by atoms with Gasteiger partial charge in [0.05, 0.1) is 18.8 Å². The molecule has 0 aliphatic rings. The summed E-state index contributed by atoms with van der Waals surface area (Å²) < 4.78 is 0. The number of aliphatic hydroxyl groups excluding tert-OH is 2. The number of unbranched alkanes of at least 4 members (excludes halogenated alkanes) is 47. The monoisotopic (exact) mass is 1030 g/mol. The van der Waals surface area contributed by atoms with Crippen molar-refractivity contribution in [1.82, 2.24) is 5.32 Å². The summed E-state index contributed by atoms with van der Waals surface area (Å²) in [6.07, 6.45) is 93.0. The van der Waals surface area contributed by atoms with Gasteiger partial charge in [0.1, 0.15) is 0 Å². The molecule has 2 unspecified atom stereocenters. The van der Waals surface area contributed by atoms with Gasteiger partial charge < -0.3 is 15.5 Å². The van der Waals surface area contributed by atoms with Crippen molar-refractivity contribution in [2.45, 2.75) is 373 Å². The van der Waals surface area contributed by atoms with Crippen molar-refractivity contribution >= 4 is 5.91 Å². The second-order valence-electron chi connectivity index (χ2n) is 22.9. The fraction of sp³-hybridized carbons (Fsp3) is 0.843. The third-order valence-electron chi connectivity index (χ3n) is 15.5. The summed E-state index contributed by atoms with van der Waals surface area (Å²) in [5, 5.41) is 23.3. The van der Waals surface area contributed by atoms with Gasteiger partial charge in [0.25, 0.3) is 0 Å². The summed E-state index contributed by atoms with van der Waals surface area (Å²) in [5.41, 5.74) is 0. The molecule has 0 spiro atoms.